The molecule has 1 nitrogen and oxygen atoms in total. The van der Waals surface area contributed by atoms with Gasteiger partial charge in [0.25, 0.3) is 0 Å². The summed E-state index contributed by atoms with van der Waals surface area (Å²) < 4.78 is 0. The number of halogens is 2. The third-order valence-electron chi connectivity index (χ3n) is 3.37. The molecule has 0 spiro atoms. The molecule has 2 rings (SSSR count). The molecule has 0 bridgehead atoms. The van der Waals surface area contributed by atoms with E-state index in [0.29, 0.717) is 0 Å². The van der Waals surface area contributed by atoms with Gasteiger partial charge < -0.3 is 5.32 Å². The largest absolute Gasteiger partial charge is 0.309 e. The molecule has 0 saturated carbocycles. The molecule has 0 aliphatic carbocycles. The molecule has 0 aliphatic heterocycles. The van der Waals surface area contributed by atoms with Crippen LogP contribution >= 0.6 is 23.2 Å². The number of rotatable bonds is 3. The van der Waals surface area contributed by atoms with Crippen molar-refractivity contribution >= 4 is 23.2 Å². The van der Waals surface area contributed by atoms with E-state index < -0.39 is 0 Å². The number of hydrogen-bond acceptors (Lipinski definition) is 1. The fourth-order valence-electron chi connectivity index (χ4n) is 2.21. The summed E-state index contributed by atoms with van der Waals surface area (Å²) in [4.78, 5) is 0. The lowest BCUT2D eigenvalue weighted by Gasteiger charge is -2.20. The van der Waals surface area contributed by atoms with E-state index in [0.717, 1.165) is 21.2 Å². The molecule has 0 radical (unpaired) electrons. The first-order valence-corrected chi connectivity index (χ1v) is 6.98. The van der Waals surface area contributed by atoms with Gasteiger partial charge in [0, 0.05) is 10.0 Å². The molecule has 19 heavy (non-hydrogen) atoms. The van der Waals surface area contributed by atoms with E-state index in [1.54, 1.807) is 0 Å². The van der Waals surface area contributed by atoms with Gasteiger partial charge in [-0.15, -0.1) is 0 Å². The lowest BCUT2D eigenvalue weighted by molar-refractivity contribution is 0.687. The minimum Gasteiger partial charge on any atom is -0.309 e. The normalized spacial score (nSPS) is 12.5. The predicted octanol–water partition coefficient (Wildman–Crippen LogP) is 4.92. The third kappa shape index (κ3) is 3.11. The second-order valence-corrected chi connectivity index (χ2v) is 5.57. The van der Waals surface area contributed by atoms with Crippen molar-refractivity contribution in [3.05, 3.63) is 68.7 Å². The van der Waals surface area contributed by atoms with E-state index in [4.69, 9.17) is 23.2 Å². The minimum atomic E-state index is 0.0943. The van der Waals surface area contributed by atoms with Crippen molar-refractivity contribution in [2.24, 2.45) is 0 Å². The Hall–Kier alpha value is -1.02. The molecule has 1 unspecified atom stereocenters. The van der Waals surface area contributed by atoms with Gasteiger partial charge in [0.05, 0.1) is 6.04 Å². The van der Waals surface area contributed by atoms with Crippen LogP contribution in [0.2, 0.25) is 10.0 Å². The van der Waals surface area contributed by atoms with Gasteiger partial charge in [-0.05, 0) is 61.3 Å². The summed E-state index contributed by atoms with van der Waals surface area (Å²) >= 11 is 12.3. The monoisotopic (exact) mass is 293 g/mol. The average molecular weight is 294 g/mol. The highest BCUT2D eigenvalue weighted by molar-refractivity contribution is 6.31. The number of aryl methyl sites for hydroxylation is 2. The van der Waals surface area contributed by atoms with E-state index in [-0.39, 0.29) is 6.04 Å². The quantitative estimate of drug-likeness (QED) is 0.847. The number of hydrogen-bond donors (Lipinski definition) is 1. The maximum atomic E-state index is 6.22. The molecule has 2 aromatic rings. The Bertz CT molecular complexity index is 593. The number of benzene rings is 2. The zero-order valence-corrected chi connectivity index (χ0v) is 12.8. The van der Waals surface area contributed by atoms with Crippen molar-refractivity contribution < 1.29 is 0 Å². The summed E-state index contributed by atoms with van der Waals surface area (Å²) in [5.74, 6) is 0. The molecule has 0 aromatic heterocycles. The molecule has 0 fully saturated rings. The van der Waals surface area contributed by atoms with Gasteiger partial charge in [-0.2, -0.15) is 0 Å². The van der Waals surface area contributed by atoms with Crippen molar-refractivity contribution in [2.45, 2.75) is 19.9 Å². The molecule has 0 aliphatic rings. The topological polar surface area (TPSA) is 12.0 Å². The molecule has 100 valence electrons. The molecular formula is C16H17Cl2N. The molecule has 0 saturated heterocycles. The van der Waals surface area contributed by atoms with Gasteiger partial charge in [-0.1, -0.05) is 41.4 Å². The molecule has 2 aromatic carbocycles. The van der Waals surface area contributed by atoms with Crippen LogP contribution in [-0.4, -0.2) is 7.05 Å². The van der Waals surface area contributed by atoms with Crippen LogP contribution in [0.15, 0.2) is 36.4 Å². The minimum absolute atomic E-state index is 0.0943. The van der Waals surface area contributed by atoms with E-state index >= 15 is 0 Å². The molecule has 0 amide bonds. The second kappa shape index (κ2) is 5.96. The first-order chi connectivity index (χ1) is 9.02. The smallest absolute Gasteiger partial charge is 0.0577 e. The van der Waals surface area contributed by atoms with Crippen LogP contribution in [0.5, 0.6) is 0 Å². The van der Waals surface area contributed by atoms with Gasteiger partial charge in [0.2, 0.25) is 0 Å². The van der Waals surface area contributed by atoms with Gasteiger partial charge in [-0.3, -0.25) is 0 Å². The Balaban J connectivity index is 2.49. The maximum absolute atomic E-state index is 6.22. The Morgan fingerprint density at radius 2 is 1.63 bits per heavy atom. The fourth-order valence-corrected chi connectivity index (χ4v) is 2.58. The highest BCUT2D eigenvalue weighted by atomic mass is 35.5. The summed E-state index contributed by atoms with van der Waals surface area (Å²) in [6.07, 6.45) is 0. The molecular weight excluding hydrogens is 277 g/mol. The van der Waals surface area contributed by atoms with Gasteiger partial charge in [0.1, 0.15) is 0 Å². The zero-order valence-electron chi connectivity index (χ0n) is 11.3. The molecule has 0 heterocycles. The summed E-state index contributed by atoms with van der Waals surface area (Å²) in [6, 6.07) is 12.2. The van der Waals surface area contributed by atoms with Crippen molar-refractivity contribution in [1.29, 1.82) is 0 Å². The SMILES string of the molecule is CNC(c1ccc(C)c(Cl)c1)c1cc(Cl)ccc1C. The summed E-state index contributed by atoms with van der Waals surface area (Å²) in [6.45, 7) is 4.09. The Morgan fingerprint density at radius 3 is 2.26 bits per heavy atom. The van der Waals surface area contributed by atoms with Gasteiger partial charge >= 0.3 is 0 Å². The highest BCUT2D eigenvalue weighted by Gasteiger charge is 2.15. The average Bonchev–Trinajstić information content (AvgIpc) is 2.38. The summed E-state index contributed by atoms with van der Waals surface area (Å²) in [5.41, 5.74) is 4.61. The van der Waals surface area contributed by atoms with Crippen LogP contribution in [0.3, 0.4) is 0 Å². The standard InChI is InChI=1S/C16H17Cl2N/c1-10-5-7-13(17)9-14(10)16(19-3)12-6-4-11(2)15(18)8-12/h4-9,16,19H,1-3H3. The number of nitrogens with one attached hydrogen (secondary N) is 1. The van der Waals surface area contributed by atoms with Crippen molar-refractivity contribution in [3.8, 4) is 0 Å². The maximum Gasteiger partial charge on any atom is 0.0577 e. The van der Waals surface area contributed by atoms with Crippen LogP contribution in [0, 0.1) is 13.8 Å². The Kier molecular flexibility index (Phi) is 4.51. The Labute approximate surface area is 124 Å². The first kappa shape index (κ1) is 14.4. The van der Waals surface area contributed by atoms with Crippen molar-refractivity contribution in [2.75, 3.05) is 7.05 Å². The van der Waals surface area contributed by atoms with Gasteiger partial charge in [-0.25, -0.2) is 0 Å². The van der Waals surface area contributed by atoms with Crippen molar-refractivity contribution in [3.63, 3.8) is 0 Å². The van der Waals surface area contributed by atoms with Crippen LogP contribution in [0.25, 0.3) is 0 Å². The van der Waals surface area contributed by atoms with Crippen LogP contribution in [0.1, 0.15) is 28.3 Å². The molecule has 3 heteroatoms. The molecule has 1 atom stereocenters. The first-order valence-electron chi connectivity index (χ1n) is 6.22. The van der Waals surface area contributed by atoms with E-state index in [1.165, 1.54) is 11.1 Å². The second-order valence-electron chi connectivity index (χ2n) is 4.73. The third-order valence-corrected chi connectivity index (χ3v) is 4.01. The van der Waals surface area contributed by atoms with Gasteiger partial charge in [0.15, 0.2) is 0 Å². The predicted molar refractivity (Wildman–Crippen MR) is 83.3 cm³/mol. The van der Waals surface area contributed by atoms with E-state index in [1.807, 2.05) is 44.3 Å². The Morgan fingerprint density at radius 1 is 0.947 bits per heavy atom. The molecule has 1 N–H and O–H groups in total. The zero-order chi connectivity index (χ0) is 14.0. The lowest BCUT2D eigenvalue weighted by atomic mass is 9.94. The van der Waals surface area contributed by atoms with E-state index in [9.17, 15) is 0 Å². The fraction of sp³-hybridized carbons (Fsp3) is 0.250. The summed E-state index contributed by atoms with van der Waals surface area (Å²) in [5, 5.41) is 4.87. The van der Waals surface area contributed by atoms with Crippen LogP contribution < -0.4 is 5.32 Å². The van der Waals surface area contributed by atoms with Crippen LogP contribution in [-0.2, 0) is 0 Å². The summed E-state index contributed by atoms with van der Waals surface area (Å²) in [7, 11) is 1.94. The van der Waals surface area contributed by atoms with Crippen LogP contribution in [0.4, 0.5) is 0 Å². The highest BCUT2D eigenvalue weighted by Crippen LogP contribution is 2.29. The lowest BCUT2D eigenvalue weighted by Crippen LogP contribution is -2.18. The van der Waals surface area contributed by atoms with Crippen molar-refractivity contribution in [1.82, 2.24) is 5.32 Å². The van der Waals surface area contributed by atoms with E-state index in [2.05, 4.69) is 18.3 Å².